The summed E-state index contributed by atoms with van der Waals surface area (Å²) in [6.07, 6.45) is 1.40. The predicted molar refractivity (Wildman–Crippen MR) is 101 cm³/mol. The summed E-state index contributed by atoms with van der Waals surface area (Å²) in [5.74, 6) is -2.80. The molecule has 0 atom stereocenters. The minimum Gasteiger partial charge on any atom is -0.496 e. The minimum atomic E-state index is -0.900. The molecular formula is C19H20N4O5. The lowest BCUT2D eigenvalue weighted by atomic mass is 10.1. The number of hydrogen-bond acceptors (Lipinski definition) is 6. The Kier molecular flexibility index (Phi) is 6.80. The average molecular weight is 384 g/mol. The molecule has 3 N–H and O–H groups in total. The summed E-state index contributed by atoms with van der Waals surface area (Å²) in [6, 6.07) is 8.91. The number of nitrogens with zero attached hydrogens (tertiary/aromatic N) is 1. The third kappa shape index (κ3) is 5.13. The second-order valence-corrected chi connectivity index (χ2v) is 6.01. The summed E-state index contributed by atoms with van der Waals surface area (Å²) < 4.78 is 5.13. The Bertz CT molecular complexity index is 896. The number of anilines is 1. The van der Waals surface area contributed by atoms with Gasteiger partial charge in [-0.15, -0.1) is 0 Å². The van der Waals surface area contributed by atoms with Gasteiger partial charge in [-0.3, -0.25) is 35.0 Å². The molecule has 0 unspecified atom stereocenters. The summed E-state index contributed by atoms with van der Waals surface area (Å²) in [5, 5.41) is 2.42. The van der Waals surface area contributed by atoms with Crippen LogP contribution in [0.25, 0.3) is 0 Å². The predicted octanol–water partition coefficient (Wildman–Crippen LogP) is 1.33. The van der Waals surface area contributed by atoms with E-state index in [1.54, 1.807) is 26.0 Å². The highest BCUT2D eigenvalue weighted by atomic mass is 16.5. The lowest BCUT2D eigenvalue weighted by molar-refractivity contribution is -0.124. The zero-order valence-electron chi connectivity index (χ0n) is 15.6. The van der Waals surface area contributed by atoms with Crippen LogP contribution in [-0.2, 0) is 9.59 Å². The molecule has 2 rings (SSSR count). The number of methoxy groups -OCH3 is 1. The second kappa shape index (κ2) is 9.26. The van der Waals surface area contributed by atoms with Gasteiger partial charge in [0, 0.05) is 17.8 Å². The van der Waals surface area contributed by atoms with Crippen molar-refractivity contribution in [2.45, 2.75) is 13.8 Å². The average Bonchev–Trinajstić information content (AvgIpc) is 2.71. The molecule has 0 saturated carbocycles. The summed E-state index contributed by atoms with van der Waals surface area (Å²) in [7, 11) is 1.38. The van der Waals surface area contributed by atoms with Crippen LogP contribution in [0.15, 0.2) is 42.6 Å². The first-order chi connectivity index (χ1) is 13.3. The maximum atomic E-state index is 12.3. The Labute approximate surface area is 161 Å². The number of Topliss-reactive ketones (excluding diaryl/α,β-unsaturated/α-hetero) is 1. The van der Waals surface area contributed by atoms with Crippen molar-refractivity contribution in [3.05, 3.63) is 53.9 Å². The van der Waals surface area contributed by atoms with Crippen LogP contribution in [-0.4, -0.2) is 35.6 Å². The highest BCUT2D eigenvalue weighted by Gasteiger charge is 2.19. The van der Waals surface area contributed by atoms with E-state index in [2.05, 4.69) is 21.2 Å². The summed E-state index contributed by atoms with van der Waals surface area (Å²) in [4.78, 5) is 52.0. The van der Waals surface area contributed by atoms with Crippen molar-refractivity contribution >= 4 is 29.2 Å². The van der Waals surface area contributed by atoms with Crippen LogP contribution in [0, 0.1) is 5.92 Å². The van der Waals surface area contributed by atoms with Crippen molar-refractivity contribution in [2.75, 3.05) is 12.4 Å². The first kappa shape index (κ1) is 20.6. The van der Waals surface area contributed by atoms with E-state index in [1.807, 2.05) is 0 Å². The van der Waals surface area contributed by atoms with Crippen LogP contribution in [0.3, 0.4) is 0 Å². The van der Waals surface area contributed by atoms with E-state index in [1.165, 1.54) is 37.6 Å². The van der Waals surface area contributed by atoms with Gasteiger partial charge < -0.3 is 10.1 Å². The molecule has 0 radical (unpaired) electrons. The van der Waals surface area contributed by atoms with E-state index >= 15 is 0 Å². The molecule has 0 aliphatic rings. The molecule has 0 aliphatic carbocycles. The van der Waals surface area contributed by atoms with Gasteiger partial charge in [-0.1, -0.05) is 19.9 Å². The first-order valence-corrected chi connectivity index (χ1v) is 8.38. The van der Waals surface area contributed by atoms with Crippen molar-refractivity contribution in [3.8, 4) is 5.75 Å². The van der Waals surface area contributed by atoms with E-state index < -0.39 is 17.6 Å². The number of carbonyl (C=O) groups excluding carboxylic acids is 4. The number of pyridine rings is 1. The number of hydrogen-bond donors (Lipinski definition) is 3. The van der Waals surface area contributed by atoms with Crippen LogP contribution < -0.4 is 20.9 Å². The molecule has 2 aromatic rings. The van der Waals surface area contributed by atoms with Gasteiger partial charge >= 0.3 is 0 Å². The lowest BCUT2D eigenvalue weighted by Crippen LogP contribution is -2.43. The highest BCUT2D eigenvalue weighted by molar-refractivity contribution is 6.46. The first-order valence-electron chi connectivity index (χ1n) is 8.38. The van der Waals surface area contributed by atoms with Gasteiger partial charge in [0.1, 0.15) is 11.4 Å². The normalized spacial score (nSPS) is 10.1. The Morgan fingerprint density at radius 2 is 1.79 bits per heavy atom. The number of aromatic nitrogens is 1. The Hall–Kier alpha value is -3.75. The molecule has 1 aromatic carbocycles. The zero-order chi connectivity index (χ0) is 20.7. The lowest BCUT2D eigenvalue weighted by Gasteiger charge is -2.13. The zero-order valence-corrected chi connectivity index (χ0v) is 15.6. The minimum absolute atomic E-state index is 0.00266. The van der Waals surface area contributed by atoms with Gasteiger partial charge in [-0.2, -0.15) is 0 Å². The molecule has 0 spiro atoms. The van der Waals surface area contributed by atoms with Crippen molar-refractivity contribution in [2.24, 2.45) is 5.92 Å². The van der Waals surface area contributed by atoms with E-state index in [9.17, 15) is 19.2 Å². The number of rotatable bonds is 6. The quantitative estimate of drug-likeness (QED) is 0.392. The number of nitrogens with one attached hydrogen (secondary N) is 3. The molecule has 9 nitrogen and oxygen atoms in total. The van der Waals surface area contributed by atoms with Crippen LogP contribution in [0.2, 0.25) is 0 Å². The van der Waals surface area contributed by atoms with Gasteiger partial charge in [-0.25, -0.2) is 0 Å². The smallest absolute Gasteiger partial charge is 0.298 e. The van der Waals surface area contributed by atoms with Gasteiger partial charge in [0.25, 0.3) is 17.6 Å². The molecule has 146 valence electrons. The van der Waals surface area contributed by atoms with Crippen LogP contribution >= 0.6 is 0 Å². The summed E-state index contributed by atoms with van der Waals surface area (Å²) in [5.41, 5.74) is 4.83. The second-order valence-electron chi connectivity index (χ2n) is 6.01. The molecular weight excluding hydrogens is 364 g/mol. The highest BCUT2D eigenvalue weighted by Crippen LogP contribution is 2.22. The topological polar surface area (TPSA) is 126 Å². The van der Waals surface area contributed by atoms with Crippen molar-refractivity contribution < 1.29 is 23.9 Å². The molecule has 3 amide bonds. The molecule has 1 aromatic heterocycles. The van der Waals surface area contributed by atoms with Gasteiger partial charge in [-0.05, 0) is 30.3 Å². The maximum absolute atomic E-state index is 12.3. The SMILES string of the molecule is COc1ccc(NC(=O)C(=O)c2ccccn2)cc1C(=O)NNC(=O)C(C)C. The number of ether oxygens (including phenoxy) is 1. The summed E-state index contributed by atoms with van der Waals surface area (Å²) >= 11 is 0. The van der Waals surface area contributed by atoms with E-state index in [0.29, 0.717) is 0 Å². The van der Waals surface area contributed by atoms with Crippen LogP contribution in [0.5, 0.6) is 5.75 Å². The van der Waals surface area contributed by atoms with Crippen LogP contribution in [0.4, 0.5) is 5.69 Å². The van der Waals surface area contributed by atoms with Gasteiger partial charge in [0.2, 0.25) is 5.91 Å². The molecule has 28 heavy (non-hydrogen) atoms. The largest absolute Gasteiger partial charge is 0.496 e. The van der Waals surface area contributed by atoms with E-state index in [4.69, 9.17) is 4.74 Å². The van der Waals surface area contributed by atoms with Crippen LogP contribution in [0.1, 0.15) is 34.7 Å². The molecule has 9 heteroatoms. The molecule has 1 heterocycles. The molecule has 0 saturated heterocycles. The number of hydrazine groups is 1. The fourth-order valence-electron chi connectivity index (χ4n) is 2.09. The summed E-state index contributed by atoms with van der Waals surface area (Å²) in [6.45, 7) is 3.35. The van der Waals surface area contributed by atoms with Crippen molar-refractivity contribution in [3.63, 3.8) is 0 Å². The van der Waals surface area contributed by atoms with Crippen molar-refractivity contribution in [1.82, 2.24) is 15.8 Å². The van der Waals surface area contributed by atoms with Gasteiger partial charge in [0.15, 0.2) is 0 Å². The number of ketones is 1. The standard InChI is InChI=1S/C19H20N4O5/c1-11(2)17(25)22-23-18(26)13-10-12(7-8-15(13)28-3)21-19(27)16(24)14-6-4-5-9-20-14/h4-11H,1-3H3,(H,21,27)(H,22,25)(H,23,26). The van der Waals surface area contributed by atoms with E-state index in [0.717, 1.165) is 0 Å². The Balaban J connectivity index is 2.15. The molecule has 0 fully saturated rings. The fourth-order valence-corrected chi connectivity index (χ4v) is 2.09. The maximum Gasteiger partial charge on any atom is 0.298 e. The number of carbonyl (C=O) groups is 4. The van der Waals surface area contributed by atoms with Gasteiger partial charge in [0.05, 0.1) is 12.7 Å². The third-order valence-electron chi connectivity index (χ3n) is 3.63. The fraction of sp³-hybridized carbons (Fsp3) is 0.211. The van der Waals surface area contributed by atoms with Crippen molar-refractivity contribution in [1.29, 1.82) is 0 Å². The Morgan fingerprint density at radius 1 is 1.04 bits per heavy atom. The third-order valence-corrected chi connectivity index (χ3v) is 3.63. The van der Waals surface area contributed by atoms with E-state index in [-0.39, 0.29) is 34.5 Å². The molecule has 0 bridgehead atoms. The molecule has 0 aliphatic heterocycles. The number of benzene rings is 1. The Morgan fingerprint density at radius 3 is 2.39 bits per heavy atom. The monoisotopic (exact) mass is 384 g/mol. The number of amides is 3.